The molecular weight excluding hydrogens is 400 g/mol. The summed E-state index contributed by atoms with van der Waals surface area (Å²) in [6.45, 7) is 3.05. The maximum absolute atomic E-state index is 14.3. The minimum absolute atomic E-state index is 0.0750. The third-order valence-corrected chi connectivity index (χ3v) is 6.91. The van der Waals surface area contributed by atoms with E-state index in [1.807, 2.05) is 6.07 Å². The van der Waals surface area contributed by atoms with E-state index in [4.69, 9.17) is 4.74 Å². The van der Waals surface area contributed by atoms with Crippen LogP contribution >= 0.6 is 0 Å². The third-order valence-electron chi connectivity index (χ3n) is 6.91. The number of ether oxygens (including phenoxy) is 1. The van der Waals surface area contributed by atoms with Gasteiger partial charge >= 0.3 is 5.97 Å². The Labute approximate surface area is 179 Å². The summed E-state index contributed by atoms with van der Waals surface area (Å²) in [5.41, 5.74) is 4.43. The van der Waals surface area contributed by atoms with Crippen LogP contribution in [0.1, 0.15) is 54.3 Å². The van der Waals surface area contributed by atoms with Crippen molar-refractivity contribution in [1.82, 2.24) is 4.57 Å². The summed E-state index contributed by atoms with van der Waals surface area (Å²) in [6, 6.07) is 9.85. The number of carboxylic acids is 1. The number of aryl methyl sites for hydroxylation is 1. The second-order valence-corrected chi connectivity index (χ2v) is 8.82. The standard InChI is InChI=1S/C25H25F2NO3/c1-14-10-19(3-4-21(14)27)28-22-5-2-18(26)13-20(22)23(16-11-17(12-16)25(29)30)24(28)15-6-8-31-9-7-15/h2-5,10,13,15-17H,6-9,11-12H2,1H3,(H,29,30)/t16-,17+. The van der Waals surface area contributed by atoms with Gasteiger partial charge in [-0.2, -0.15) is 0 Å². The molecule has 31 heavy (non-hydrogen) atoms. The summed E-state index contributed by atoms with van der Waals surface area (Å²) in [5.74, 6) is -1.41. The van der Waals surface area contributed by atoms with E-state index >= 15 is 0 Å². The number of halogens is 2. The Morgan fingerprint density at radius 3 is 2.48 bits per heavy atom. The summed E-state index contributed by atoms with van der Waals surface area (Å²) >= 11 is 0. The van der Waals surface area contributed by atoms with Crippen LogP contribution in [0.4, 0.5) is 8.78 Å². The molecule has 0 unspecified atom stereocenters. The molecule has 1 saturated carbocycles. The van der Waals surface area contributed by atoms with E-state index in [-0.39, 0.29) is 29.4 Å². The Bertz CT molecular complexity index is 1160. The summed E-state index contributed by atoms with van der Waals surface area (Å²) in [4.78, 5) is 11.4. The molecule has 5 rings (SSSR count). The van der Waals surface area contributed by atoms with Crippen LogP contribution in [0.15, 0.2) is 36.4 Å². The molecule has 3 aromatic rings. The minimum Gasteiger partial charge on any atom is -0.481 e. The molecule has 0 radical (unpaired) electrons. The highest BCUT2D eigenvalue weighted by Gasteiger charge is 2.40. The normalized spacial score (nSPS) is 21.9. The van der Waals surface area contributed by atoms with E-state index in [1.165, 1.54) is 12.1 Å². The van der Waals surface area contributed by atoms with Crippen LogP contribution < -0.4 is 0 Å². The largest absolute Gasteiger partial charge is 0.481 e. The summed E-state index contributed by atoms with van der Waals surface area (Å²) in [6.07, 6.45) is 2.81. The molecular formula is C25H25F2NO3. The Kier molecular flexibility index (Phi) is 5.05. The molecule has 1 aliphatic heterocycles. The predicted molar refractivity (Wildman–Crippen MR) is 114 cm³/mol. The van der Waals surface area contributed by atoms with Gasteiger partial charge in [-0.05, 0) is 86.1 Å². The van der Waals surface area contributed by atoms with Gasteiger partial charge in [-0.1, -0.05) is 0 Å². The molecule has 4 nitrogen and oxygen atoms in total. The first-order valence-electron chi connectivity index (χ1n) is 10.8. The van der Waals surface area contributed by atoms with Gasteiger partial charge in [0.25, 0.3) is 0 Å². The molecule has 0 bridgehead atoms. The monoisotopic (exact) mass is 425 g/mol. The van der Waals surface area contributed by atoms with Crippen molar-refractivity contribution in [2.75, 3.05) is 13.2 Å². The number of aliphatic carboxylic acids is 1. The Hall–Kier alpha value is -2.73. The van der Waals surface area contributed by atoms with Gasteiger partial charge in [0.1, 0.15) is 11.6 Å². The molecule has 162 valence electrons. The second kappa shape index (κ2) is 7.75. The molecule has 2 aromatic carbocycles. The van der Waals surface area contributed by atoms with Crippen LogP contribution in [0.25, 0.3) is 16.6 Å². The number of carbonyl (C=O) groups is 1. The van der Waals surface area contributed by atoms with Crippen molar-refractivity contribution in [3.05, 3.63) is 64.9 Å². The minimum atomic E-state index is -0.770. The molecule has 1 aromatic heterocycles. The van der Waals surface area contributed by atoms with Crippen LogP contribution in [0.2, 0.25) is 0 Å². The fourth-order valence-corrected chi connectivity index (χ4v) is 5.21. The number of fused-ring (bicyclic) bond motifs is 1. The van der Waals surface area contributed by atoms with Crippen molar-refractivity contribution in [1.29, 1.82) is 0 Å². The fourth-order valence-electron chi connectivity index (χ4n) is 5.21. The van der Waals surface area contributed by atoms with Gasteiger partial charge in [0.15, 0.2) is 0 Å². The first kappa shape index (κ1) is 20.2. The Morgan fingerprint density at radius 2 is 1.81 bits per heavy atom. The number of rotatable bonds is 4. The molecule has 0 spiro atoms. The summed E-state index contributed by atoms with van der Waals surface area (Å²) in [7, 11) is 0. The lowest BCUT2D eigenvalue weighted by molar-refractivity contribution is -0.145. The van der Waals surface area contributed by atoms with E-state index in [2.05, 4.69) is 4.57 Å². The molecule has 0 amide bonds. The van der Waals surface area contributed by atoms with E-state index < -0.39 is 5.97 Å². The van der Waals surface area contributed by atoms with E-state index in [0.717, 1.165) is 40.7 Å². The molecule has 2 heterocycles. The number of benzene rings is 2. The van der Waals surface area contributed by atoms with Gasteiger partial charge in [0, 0.05) is 35.9 Å². The number of aromatic nitrogens is 1. The summed E-state index contributed by atoms with van der Waals surface area (Å²) < 4.78 is 36.1. The van der Waals surface area contributed by atoms with Gasteiger partial charge in [0.05, 0.1) is 11.4 Å². The number of carboxylic acid groups (broad SMARTS) is 1. The molecule has 0 atom stereocenters. The zero-order valence-electron chi connectivity index (χ0n) is 17.4. The molecule has 1 N–H and O–H groups in total. The SMILES string of the molecule is Cc1cc(-n2c(C3CCOCC3)c([C@H]3C[C@@H](C(=O)O)C3)c3cc(F)ccc32)ccc1F. The number of nitrogens with zero attached hydrogens (tertiary/aromatic N) is 1. The smallest absolute Gasteiger partial charge is 0.306 e. The molecule has 2 fully saturated rings. The van der Waals surface area contributed by atoms with Gasteiger partial charge in [-0.25, -0.2) is 8.78 Å². The topological polar surface area (TPSA) is 51.5 Å². The molecule has 2 aliphatic rings. The van der Waals surface area contributed by atoms with Gasteiger partial charge in [0.2, 0.25) is 0 Å². The maximum Gasteiger partial charge on any atom is 0.306 e. The highest BCUT2D eigenvalue weighted by molar-refractivity contribution is 5.89. The van der Waals surface area contributed by atoms with Crippen molar-refractivity contribution in [3.63, 3.8) is 0 Å². The lowest BCUT2D eigenvalue weighted by Crippen LogP contribution is -2.30. The average Bonchev–Trinajstić information content (AvgIpc) is 3.03. The Balaban J connectivity index is 1.76. The fraction of sp³-hybridized carbons (Fsp3) is 0.400. The average molecular weight is 425 g/mol. The van der Waals surface area contributed by atoms with Crippen molar-refractivity contribution in [2.45, 2.75) is 44.4 Å². The lowest BCUT2D eigenvalue weighted by Gasteiger charge is -2.35. The quantitative estimate of drug-likeness (QED) is 0.584. The van der Waals surface area contributed by atoms with Crippen molar-refractivity contribution < 1.29 is 23.4 Å². The first-order chi connectivity index (χ1) is 14.9. The van der Waals surface area contributed by atoms with Crippen LogP contribution in [0.3, 0.4) is 0 Å². The first-order valence-corrected chi connectivity index (χ1v) is 10.8. The van der Waals surface area contributed by atoms with Crippen LogP contribution in [0, 0.1) is 24.5 Å². The maximum atomic E-state index is 14.3. The van der Waals surface area contributed by atoms with Gasteiger partial charge in [-0.3, -0.25) is 4.79 Å². The van der Waals surface area contributed by atoms with Gasteiger partial charge < -0.3 is 14.4 Å². The third kappa shape index (κ3) is 3.43. The highest BCUT2D eigenvalue weighted by atomic mass is 19.1. The predicted octanol–water partition coefficient (Wildman–Crippen LogP) is 5.69. The second-order valence-electron chi connectivity index (χ2n) is 8.82. The number of hydrogen-bond acceptors (Lipinski definition) is 2. The van der Waals surface area contributed by atoms with E-state index in [0.29, 0.717) is 31.6 Å². The summed E-state index contributed by atoms with van der Waals surface area (Å²) in [5, 5.41) is 10.2. The van der Waals surface area contributed by atoms with E-state index in [1.54, 1.807) is 25.1 Å². The number of hydrogen-bond donors (Lipinski definition) is 1. The van der Waals surface area contributed by atoms with Crippen LogP contribution in [0.5, 0.6) is 0 Å². The molecule has 1 aliphatic carbocycles. The molecule has 6 heteroatoms. The van der Waals surface area contributed by atoms with Crippen molar-refractivity contribution in [3.8, 4) is 5.69 Å². The van der Waals surface area contributed by atoms with E-state index in [9.17, 15) is 18.7 Å². The lowest BCUT2D eigenvalue weighted by atomic mass is 9.69. The van der Waals surface area contributed by atoms with Crippen molar-refractivity contribution >= 4 is 16.9 Å². The van der Waals surface area contributed by atoms with Crippen LogP contribution in [-0.4, -0.2) is 28.9 Å². The van der Waals surface area contributed by atoms with Crippen molar-refractivity contribution in [2.24, 2.45) is 5.92 Å². The highest BCUT2D eigenvalue weighted by Crippen LogP contribution is 2.50. The Morgan fingerprint density at radius 1 is 1.06 bits per heavy atom. The zero-order chi connectivity index (χ0) is 21.7. The van der Waals surface area contributed by atoms with Crippen LogP contribution in [-0.2, 0) is 9.53 Å². The van der Waals surface area contributed by atoms with Gasteiger partial charge in [-0.15, -0.1) is 0 Å². The molecule has 1 saturated heterocycles. The zero-order valence-corrected chi connectivity index (χ0v) is 17.4.